The molecule has 1 amide bonds. The fraction of sp³-hybridized carbons (Fsp3) is 0.286. The molecule has 0 spiro atoms. The Labute approximate surface area is 117 Å². The second-order valence-corrected chi connectivity index (χ2v) is 4.28. The molecule has 6 nitrogen and oxygen atoms in total. The summed E-state index contributed by atoms with van der Waals surface area (Å²) in [5.41, 5.74) is 2.68. The number of aromatic amines is 1. The van der Waals surface area contributed by atoms with E-state index in [1.807, 2.05) is 31.2 Å². The van der Waals surface area contributed by atoms with E-state index >= 15 is 0 Å². The van der Waals surface area contributed by atoms with Crippen molar-refractivity contribution in [2.24, 2.45) is 0 Å². The van der Waals surface area contributed by atoms with Gasteiger partial charge in [0.1, 0.15) is 12.4 Å². The molecule has 6 heteroatoms. The number of carbonyl (C=O) groups is 1. The van der Waals surface area contributed by atoms with Crippen LogP contribution in [-0.2, 0) is 9.53 Å². The summed E-state index contributed by atoms with van der Waals surface area (Å²) in [5, 5.41) is 9.71. The lowest BCUT2D eigenvalue weighted by Crippen LogP contribution is -2.17. The van der Waals surface area contributed by atoms with Crippen LogP contribution < -0.4 is 10.1 Å². The summed E-state index contributed by atoms with van der Waals surface area (Å²) < 4.78 is 9.93. The van der Waals surface area contributed by atoms with Gasteiger partial charge in [0, 0.05) is 18.4 Å². The topological polar surface area (TPSA) is 76.2 Å². The normalized spacial score (nSPS) is 10.3. The number of rotatable bonds is 5. The van der Waals surface area contributed by atoms with Gasteiger partial charge in [-0.15, -0.1) is 0 Å². The average molecular weight is 275 g/mol. The Kier molecular flexibility index (Phi) is 4.37. The SMILES string of the molecule is COCC(=O)Nc1n[nH]c(C)c1-c1ccc(OC)cc1. The lowest BCUT2D eigenvalue weighted by molar-refractivity contribution is -0.119. The van der Waals surface area contributed by atoms with Crippen molar-refractivity contribution >= 4 is 11.7 Å². The molecule has 0 unspecified atom stereocenters. The molecule has 0 aliphatic carbocycles. The van der Waals surface area contributed by atoms with Gasteiger partial charge in [-0.2, -0.15) is 5.10 Å². The van der Waals surface area contributed by atoms with Crippen molar-refractivity contribution in [1.29, 1.82) is 0 Å². The van der Waals surface area contributed by atoms with Crippen molar-refractivity contribution in [1.82, 2.24) is 10.2 Å². The van der Waals surface area contributed by atoms with Crippen molar-refractivity contribution in [3.05, 3.63) is 30.0 Å². The Morgan fingerprint density at radius 2 is 2.00 bits per heavy atom. The number of H-pyrrole nitrogens is 1. The van der Waals surface area contributed by atoms with E-state index in [0.29, 0.717) is 5.82 Å². The molecule has 106 valence electrons. The molecule has 0 radical (unpaired) electrons. The van der Waals surface area contributed by atoms with E-state index in [1.54, 1.807) is 7.11 Å². The fourth-order valence-corrected chi connectivity index (χ4v) is 1.93. The Balaban J connectivity index is 2.30. The molecule has 0 saturated heterocycles. The van der Waals surface area contributed by atoms with E-state index in [4.69, 9.17) is 9.47 Å². The van der Waals surface area contributed by atoms with Crippen LogP contribution in [0, 0.1) is 6.92 Å². The molecular weight excluding hydrogens is 258 g/mol. The summed E-state index contributed by atoms with van der Waals surface area (Å²) in [4.78, 5) is 11.6. The zero-order valence-electron chi connectivity index (χ0n) is 11.7. The lowest BCUT2D eigenvalue weighted by Gasteiger charge is -2.07. The molecule has 1 aromatic carbocycles. The van der Waals surface area contributed by atoms with Gasteiger partial charge in [-0.05, 0) is 24.6 Å². The van der Waals surface area contributed by atoms with Gasteiger partial charge in [0.05, 0.1) is 7.11 Å². The first-order valence-corrected chi connectivity index (χ1v) is 6.14. The number of ether oxygens (including phenoxy) is 2. The number of hydrogen-bond donors (Lipinski definition) is 2. The van der Waals surface area contributed by atoms with Crippen LogP contribution in [0.25, 0.3) is 11.1 Å². The number of anilines is 1. The van der Waals surface area contributed by atoms with Crippen molar-refractivity contribution in [3.8, 4) is 16.9 Å². The molecule has 0 aliphatic heterocycles. The molecular formula is C14H17N3O3. The van der Waals surface area contributed by atoms with Crippen LogP contribution in [-0.4, -0.2) is 36.9 Å². The number of carbonyl (C=O) groups excluding carboxylic acids is 1. The molecule has 0 atom stereocenters. The first-order chi connectivity index (χ1) is 9.65. The van der Waals surface area contributed by atoms with Gasteiger partial charge in [0.2, 0.25) is 0 Å². The highest BCUT2D eigenvalue weighted by molar-refractivity contribution is 5.95. The summed E-state index contributed by atoms with van der Waals surface area (Å²) in [5.74, 6) is 1.03. The van der Waals surface area contributed by atoms with Crippen molar-refractivity contribution in [2.75, 3.05) is 26.1 Å². The van der Waals surface area contributed by atoms with Crippen molar-refractivity contribution in [3.63, 3.8) is 0 Å². The maximum Gasteiger partial charge on any atom is 0.251 e. The van der Waals surface area contributed by atoms with Gasteiger partial charge in [-0.1, -0.05) is 12.1 Å². The Bertz CT molecular complexity index is 590. The fourth-order valence-electron chi connectivity index (χ4n) is 1.93. The number of hydrogen-bond acceptors (Lipinski definition) is 4. The minimum absolute atomic E-state index is 0.00599. The Morgan fingerprint density at radius 3 is 2.60 bits per heavy atom. The van der Waals surface area contributed by atoms with Gasteiger partial charge in [-0.3, -0.25) is 9.89 Å². The Hall–Kier alpha value is -2.34. The second kappa shape index (κ2) is 6.21. The molecule has 2 rings (SSSR count). The number of methoxy groups -OCH3 is 2. The largest absolute Gasteiger partial charge is 0.497 e. The van der Waals surface area contributed by atoms with Gasteiger partial charge in [0.15, 0.2) is 5.82 Å². The molecule has 2 aromatic rings. The molecule has 0 fully saturated rings. The van der Waals surface area contributed by atoms with E-state index in [1.165, 1.54) is 7.11 Å². The van der Waals surface area contributed by atoms with Gasteiger partial charge < -0.3 is 14.8 Å². The smallest absolute Gasteiger partial charge is 0.251 e. The summed E-state index contributed by atoms with van der Waals surface area (Å²) in [6.07, 6.45) is 0. The number of aryl methyl sites for hydroxylation is 1. The Morgan fingerprint density at radius 1 is 1.30 bits per heavy atom. The number of nitrogens with zero attached hydrogens (tertiary/aromatic N) is 1. The van der Waals surface area contributed by atoms with Crippen molar-refractivity contribution < 1.29 is 14.3 Å². The minimum Gasteiger partial charge on any atom is -0.497 e. The maximum absolute atomic E-state index is 11.6. The third kappa shape index (κ3) is 2.97. The van der Waals surface area contributed by atoms with Crippen LogP contribution in [0.15, 0.2) is 24.3 Å². The summed E-state index contributed by atoms with van der Waals surface area (Å²) in [7, 11) is 3.09. The molecule has 0 aliphatic rings. The van der Waals surface area contributed by atoms with E-state index in [-0.39, 0.29) is 12.5 Å². The number of benzene rings is 1. The quantitative estimate of drug-likeness (QED) is 0.874. The summed E-state index contributed by atoms with van der Waals surface area (Å²) in [6.45, 7) is 1.90. The van der Waals surface area contributed by atoms with E-state index in [2.05, 4.69) is 15.5 Å². The highest BCUT2D eigenvalue weighted by atomic mass is 16.5. The van der Waals surface area contributed by atoms with Gasteiger partial charge in [0.25, 0.3) is 5.91 Å². The maximum atomic E-state index is 11.6. The third-order valence-electron chi connectivity index (χ3n) is 2.86. The van der Waals surface area contributed by atoms with Crippen LogP contribution in [0.5, 0.6) is 5.75 Å². The minimum atomic E-state index is -0.242. The third-order valence-corrected chi connectivity index (χ3v) is 2.86. The molecule has 1 heterocycles. The molecule has 0 saturated carbocycles. The number of nitrogens with one attached hydrogen (secondary N) is 2. The number of aromatic nitrogens is 2. The predicted molar refractivity (Wildman–Crippen MR) is 75.8 cm³/mol. The zero-order valence-corrected chi connectivity index (χ0v) is 11.7. The highest BCUT2D eigenvalue weighted by Crippen LogP contribution is 2.30. The number of amides is 1. The molecule has 0 bridgehead atoms. The van der Waals surface area contributed by atoms with Crippen LogP contribution in [0.3, 0.4) is 0 Å². The summed E-state index contributed by atoms with van der Waals surface area (Å²) >= 11 is 0. The van der Waals surface area contributed by atoms with E-state index in [9.17, 15) is 4.79 Å². The van der Waals surface area contributed by atoms with Gasteiger partial charge in [-0.25, -0.2) is 0 Å². The molecule has 20 heavy (non-hydrogen) atoms. The van der Waals surface area contributed by atoms with Gasteiger partial charge >= 0.3 is 0 Å². The lowest BCUT2D eigenvalue weighted by atomic mass is 10.1. The van der Waals surface area contributed by atoms with E-state index < -0.39 is 0 Å². The average Bonchev–Trinajstić information content (AvgIpc) is 2.80. The van der Waals surface area contributed by atoms with E-state index in [0.717, 1.165) is 22.6 Å². The van der Waals surface area contributed by atoms with Crippen LogP contribution >= 0.6 is 0 Å². The van der Waals surface area contributed by atoms with Crippen LogP contribution in [0.4, 0.5) is 5.82 Å². The summed E-state index contributed by atoms with van der Waals surface area (Å²) in [6, 6.07) is 7.57. The monoisotopic (exact) mass is 275 g/mol. The standard InChI is InChI=1S/C14H17N3O3/c1-9-13(10-4-6-11(20-3)7-5-10)14(17-16-9)15-12(18)8-19-2/h4-7H,8H2,1-3H3,(H2,15,16,17,18). The molecule has 1 aromatic heterocycles. The van der Waals surface area contributed by atoms with Crippen molar-refractivity contribution in [2.45, 2.75) is 6.92 Å². The molecule has 2 N–H and O–H groups in total. The second-order valence-electron chi connectivity index (χ2n) is 4.28. The highest BCUT2D eigenvalue weighted by Gasteiger charge is 2.14. The zero-order chi connectivity index (χ0) is 14.5. The first kappa shape index (κ1) is 14.1. The first-order valence-electron chi connectivity index (χ1n) is 6.14. The van der Waals surface area contributed by atoms with Crippen LogP contribution in [0.2, 0.25) is 0 Å². The van der Waals surface area contributed by atoms with Crippen LogP contribution in [0.1, 0.15) is 5.69 Å². The predicted octanol–water partition coefficient (Wildman–Crippen LogP) is 1.98.